The molecule has 3 saturated carbocycles. The van der Waals surface area contributed by atoms with Gasteiger partial charge in [-0.25, -0.2) is 4.98 Å². The molecular formula is C16H15F3N2. The molecule has 0 amide bonds. The van der Waals surface area contributed by atoms with E-state index in [0.29, 0.717) is 17.0 Å². The number of alkyl halides is 3. The molecule has 3 aliphatic carbocycles. The van der Waals surface area contributed by atoms with Gasteiger partial charge in [-0.2, -0.15) is 13.2 Å². The first kappa shape index (κ1) is 12.1. The van der Waals surface area contributed by atoms with Crippen LogP contribution in [0.2, 0.25) is 0 Å². The van der Waals surface area contributed by atoms with E-state index in [4.69, 9.17) is 0 Å². The number of H-pyrrole nitrogens is 1. The first-order chi connectivity index (χ1) is 10.0. The van der Waals surface area contributed by atoms with Gasteiger partial charge in [0.15, 0.2) is 0 Å². The molecule has 5 heteroatoms. The highest BCUT2D eigenvalue weighted by Gasteiger charge is 2.66. The second-order valence-corrected chi connectivity index (χ2v) is 6.87. The molecule has 1 heterocycles. The van der Waals surface area contributed by atoms with Crippen LogP contribution in [0.5, 0.6) is 0 Å². The van der Waals surface area contributed by atoms with Crippen LogP contribution in [0.25, 0.3) is 11.0 Å². The van der Waals surface area contributed by atoms with Gasteiger partial charge in [0.2, 0.25) is 0 Å². The molecule has 0 aliphatic heterocycles. The molecule has 1 aromatic heterocycles. The van der Waals surface area contributed by atoms with E-state index < -0.39 is 11.7 Å². The Bertz CT molecular complexity index is 717. The van der Waals surface area contributed by atoms with Crippen LogP contribution in [0.15, 0.2) is 18.2 Å². The molecule has 4 unspecified atom stereocenters. The molecule has 0 saturated heterocycles. The van der Waals surface area contributed by atoms with Crippen LogP contribution in [-0.4, -0.2) is 9.97 Å². The summed E-state index contributed by atoms with van der Waals surface area (Å²) in [5, 5.41) is 0. The summed E-state index contributed by atoms with van der Waals surface area (Å²) in [5.41, 5.74) is 0.550. The number of nitrogens with zero attached hydrogens (tertiary/aromatic N) is 1. The van der Waals surface area contributed by atoms with Gasteiger partial charge >= 0.3 is 6.18 Å². The Morgan fingerprint density at radius 1 is 1.10 bits per heavy atom. The van der Waals surface area contributed by atoms with Crippen molar-refractivity contribution in [2.24, 2.45) is 23.7 Å². The third-order valence-corrected chi connectivity index (χ3v) is 5.88. The summed E-state index contributed by atoms with van der Waals surface area (Å²) in [4.78, 5) is 7.71. The van der Waals surface area contributed by atoms with Crippen LogP contribution in [0.3, 0.4) is 0 Å². The number of rotatable bonds is 1. The molecular weight excluding hydrogens is 277 g/mol. The van der Waals surface area contributed by atoms with Crippen molar-refractivity contribution in [3.05, 3.63) is 29.6 Å². The number of hydrogen-bond acceptors (Lipinski definition) is 1. The Labute approximate surface area is 119 Å². The second kappa shape index (κ2) is 3.62. The van der Waals surface area contributed by atoms with Crippen LogP contribution in [0.1, 0.15) is 36.6 Å². The Kier molecular flexibility index (Phi) is 2.08. The normalized spacial score (nSPS) is 37.2. The van der Waals surface area contributed by atoms with Crippen molar-refractivity contribution >= 4 is 11.0 Å². The summed E-state index contributed by atoms with van der Waals surface area (Å²) >= 11 is 0. The zero-order valence-electron chi connectivity index (χ0n) is 11.3. The van der Waals surface area contributed by atoms with Crippen molar-refractivity contribution in [2.75, 3.05) is 0 Å². The monoisotopic (exact) mass is 292 g/mol. The van der Waals surface area contributed by atoms with Crippen LogP contribution >= 0.6 is 0 Å². The summed E-state index contributed by atoms with van der Waals surface area (Å²) < 4.78 is 38.3. The van der Waals surface area contributed by atoms with Crippen molar-refractivity contribution in [1.82, 2.24) is 9.97 Å². The number of benzene rings is 1. The van der Waals surface area contributed by atoms with Gasteiger partial charge in [-0.3, -0.25) is 0 Å². The van der Waals surface area contributed by atoms with E-state index in [1.54, 1.807) is 0 Å². The molecule has 110 valence electrons. The van der Waals surface area contributed by atoms with Crippen LogP contribution in [0, 0.1) is 23.7 Å². The largest absolute Gasteiger partial charge is 0.416 e. The lowest BCUT2D eigenvalue weighted by atomic mass is 10.0. The van der Waals surface area contributed by atoms with E-state index in [1.807, 2.05) is 0 Å². The topological polar surface area (TPSA) is 28.7 Å². The van der Waals surface area contributed by atoms with Crippen molar-refractivity contribution in [2.45, 2.75) is 31.4 Å². The third kappa shape index (κ3) is 1.57. The summed E-state index contributed by atoms with van der Waals surface area (Å²) in [6, 6.07) is 3.77. The Morgan fingerprint density at radius 3 is 2.48 bits per heavy atom. The van der Waals surface area contributed by atoms with Gasteiger partial charge in [-0.15, -0.1) is 0 Å². The fraction of sp³-hybridized carbons (Fsp3) is 0.562. The molecule has 0 radical (unpaired) electrons. The minimum absolute atomic E-state index is 0.470. The molecule has 1 aromatic carbocycles. The molecule has 2 bridgehead atoms. The molecule has 3 aliphatic rings. The van der Waals surface area contributed by atoms with E-state index in [-0.39, 0.29) is 0 Å². The maximum absolute atomic E-state index is 12.8. The van der Waals surface area contributed by atoms with Gasteiger partial charge in [0.25, 0.3) is 0 Å². The maximum Gasteiger partial charge on any atom is 0.416 e. The fourth-order valence-corrected chi connectivity index (χ4v) is 5.05. The van der Waals surface area contributed by atoms with Gasteiger partial charge in [0.05, 0.1) is 16.6 Å². The Morgan fingerprint density at radius 2 is 1.81 bits per heavy atom. The summed E-state index contributed by atoms with van der Waals surface area (Å²) in [6.07, 6.45) is -0.263. The molecule has 21 heavy (non-hydrogen) atoms. The Balaban J connectivity index is 1.52. The van der Waals surface area contributed by atoms with Crippen molar-refractivity contribution in [3.8, 4) is 0 Å². The van der Waals surface area contributed by atoms with E-state index in [0.717, 1.165) is 35.6 Å². The number of hydrogen-bond donors (Lipinski definition) is 1. The van der Waals surface area contributed by atoms with Gasteiger partial charge in [0, 0.05) is 5.92 Å². The quantitative estimate of drug-likeness (QED) is 0.832. The lowest BCUT2D eigenvalue weighted by Crippen LogP contribution is -2.04. The van der Waals surface area contributed by atoms with Crippen LogP contribution < -0.4 is 0 Å². The standard InChI is InChI=1S/C16H15F3N2/c17-16(18,19)9-3-4-10-11(6-9)21-15(20-10)14-12-7-1-2-8(5-7)13(12)14/h3-4,6-8,12-14H,1-2,5H2,(H,20,21). The number of fused-ring (bicyclic) bond motifs is 6. The van der Waals surface area contributed by atoms with Gasteiger partial charge < -0.3 is 4.98 Å². The van der Waals surface area contributed by atoms with E-state index in [2.05, 4.69) is 9.97 Å². The Hall–Kier alpha value is -1.52. The van der Waals surface area contributed by atoms with Crippen molar-refractivity contribution < 1.29 is 13.2 Å². The second-order valence-electron chi connectivity index (χ2n) is 6.87. The van der Waals surface area contributed by atoms with Crippen LogP contribution in [0.4, 0.5) is 13.2 Å². The maximum atomic E-state index is 12.8. The van der Waals surface area contributed by atoms with E-state index >= 15 is 0 Å². The predicted molar refractivity (Wildman–Crippen MR) is 71.6 cm³/mol. The van der Waals surface area contributed by atoms with E-state index in [1.165, 1.54) is 31.4 Å². The molecule has 2 aromatic rings. The number of nitrogens with one attached hydrogen (secondary N) is 1. The lowest BCUT2D eigenvalue weighted by Gasteiger charge is -2.05. The fourth-order valence-electron chi connectivity index (χ4n) is 5.05. The van der Waals surface area contributed by atoms with Crippen LogP contribution in [-0.2, 0) is 6.18 Å². The highest BCUT2D eigenvalue weighted by atomic mass is 19.4. The lowest BCUT2D eigenvalue weighted by molar-refractivity contribution is -0.137. The molecule has 1 N–H and O–H groups in total. The zero-order valence-corrected chi connectivity index (χ0v) is 11.3. The van der Waals surface area contributed by atoms with Gasteiger partial charge in [-0.1, -0.05) is 0 Å². The third-order valence-electron chi connectivity index (χ3n) is 5.88. The number of imidazole rings is 1. The summed E-state index contributed by atoms with van der Waals surface area (Å²) in [5.74, 6) is 4.54. The molecule has 0 spiro atoms. The number of aromatic amines is 1. The molecule has 5 rings (SSSR count). The average molecular weight is 292 g/mol. The summed E-state index contributed by atoms with van der Waals surface area (Å²) in [7, 11) is 0. The highest BCUT2D eigenvalue weighted by molar-refractivity contribution is 5.76. The highest BCUT2D eigenvalue weighted by Crippen LogP contribution is 2.72. The van der Waals surface area contributed by atoms with Crippen molar-refractivity contribution in [1.29, 1.82) is 0 Å². The summed E-state index contributed by atoms with van der Waals surface area (Å²) in [6.45, 7) is 0. The molecule has 4 atom stereocenters. The number of halogens is 3. The first-order valence-electron chi connectivity index (χ1n) is 7.59. The predicted octanol–water partition coefficient (Wildman–Crippen LogP) is 4.34. The average Bonchev–Trinajstić information content (AvgIpc) is 2.80. The van der Waals surface area contributed by atoms with Crippen molar-refractivity contribution in [3.63, 3.8) is 0 Å². The smallest absolute Gasteiger partial charge is 0.342 e. The number of aromatic nitrogens is 2. The zero-order chi connectivity index (χ0) is 14.4. The first-order valence-corrected chi connectivity index (χ1v) is 7.59. The van der Waals surface area contributed by atoms with E-state index in [9.17, 15) is 13.2 Å². The minimum atomic E-state index is -4.30. The van der Waals surface area contributed by atoms with Gasteiger partial charge in [0.1, 0.15) is 5.82 Å². The minimum Gasteiger partial charge on any atom is -0.342 e. The van der Waals surface area contributed by atoms with Gasteiger partial charge in [-0.05, 0) is 61.1 Å². The molecule has 2 nitrogen and oxygen atoms in total. The molecule has 3 fully saturated rings. The SMILES string of the molecule is FC(F)(F)c1ccc2nc(C3C4C5CCC(C5)C34)[nH]c2c1.